The minimum atomic E-state index is -3.88. The predicted molar refractivity (Wildman–Crippen MR) is 122 cm³/mol. The molecule has 1 fully saturated rings. The number of sulfonamides is 1. The summed E-state index contributed by atoms with van der Waals surface area (Å²) in [4.78, 5) is 28.8. The SMILES string of the molecule is CSCCC(NS(=O)(=O)c1ccccc1)C(=O)N1CCN(C(=O)c2ccc(F)c(F)c2)CC1. The van der Waals surface area contributed by atoms with Crippen molar-refractivity contribution >= 4 is 33.6 Å². The van der Waals surface area contributed by atoms with Gasteiger partial charge in [0.25, 0.3) is 5.91 Å². The maximum absolute atomic E-state index is 13.5. The molecular formula is C22H25F2N3O4S2. The van der Waals surface area contributed by atoms with Crippen molar-refractivity contribution in [1.82, 2.24) is 14.5 Å². The van der Waals surface area contributed by atoms with E-state index in [4.69, 9.17) is 0 Å². The molecule has 11 heteroatoms. The van der Waals surface area contributed by atoms with Gasteiger partial charge in [-0.25, -0.2) is 17.2 Å². The summed E-state index contributed by atoms with van der Waals surface area (Å²) in [5.41, 5.74) is 0.0298. The molecule has 0 bridgehead atoms. The molecule has 1 atom stereocenters. The number of thioether (sulfide) groups is 1. The molecule has 2 aromatic rings. The van der Waals surface area contributed by atoms with Gasteiger partial charge in [0, 0.05) is 31.7 Å². The van der Waals surface area contributed by atoms with Gasteiger partial charge in [-0.2, -0.15) is 16.5 Å². The monoisotopic (exact) mass is 497 g/mol. The molecule has 0 saturated carbocycles. The lowest BCUT2D eigenvalue weighted by atomic mass is 10.1. The van der Waals surface area contributed by atoms with Crippen LogP contribution in [0.1, 0.15) is 16.8 Å². The number of piperazine rings is 1. The van der Waals surface area contributed by atoms with Crippen molar-refractivity contribution in [1.29, 1.82) is 0 Å². The number of hydrogen-bond acceptors (Lipinski definition) is 5. The van der Waals surface area contributed by atoms with Crippen LogP contribution >= 0.6 is 11.8 Å². The fraction of sp³-hybridized carbons (Fsp3) is 0.364. The number of hydrogen-bond donors (Lipinski definition) is 1. The van der Waals surface area contributed by atoms with E-state index in [0.29, 0.717) is 12.2 Å². The summed E-state index contributed by atoms with van der Waals surface area (Å²) in [6, 6.07) is 9.88. The average Bonchev–Trinajstić information content (AvgIpc) is 2.83. The summed E-state index contributed by atoms with van der Waals surface area (Å²) in [5.74, 6) is -2.36. The number of nitrogens with one attached hydrogen (secondary N) is 1. The first-order chi connectivity index (χ1) is 15.7. The van der Waals surface area contributed by atoms with E-state index in [-0.39, 0.29) is 42.5 Å². The molecule has 1 aliphatic heterocycles. The van der Waals surface area contributed by atoms with Crippen LogP contribution in [0.5, 0.6) is 0 Å². The molecule has 2 aromatic carbocycles. The molecule has 1 heterocycles. The van der Waals surface area contributed by atoms with Crippen LogP contribution in [0.15, 0.2) is 53.4 Å². The van der Waals surface area contributed by atoms with Gasteiger partial charge in [-0.3, -0.25) is 9.59 Å². The molecule has 0 radical (unpaired) electrons. The minimum absolute atomic E-state index is 0.0298. The fourth-order valence-corrected chi connectivity index (χ4v) is 5.20. The van der Waals surface area contributed by atoms with E-state index < -0.39 is 33.6 Å². The standard InChI is InChI=1S/C22H25F2N3O4S2/c1-32-14-9-20(25-33(30,31)17-5-3-2-4-6-17)22(29)27-12-10-26(11-13-27)21(28)16-7-8-18(23)19(24)15-16/h2-8,15,20,25H,9-14H2,1H3. The van der Waals surface area contributed by atoms with Crippen LogP contribution in [0.25, 0.3) is 0 Å². The molecule has 1 saturated heterocycles. The van der Waals surface area contributed by atoms with E-state index in [9.17, 15) is 26.8 Å². The smallest absolute Gasteiger partial charge is 0.254 e. The molecule has 0 spiro atoms. The largest absolute Gasteiger partial charge is 0.338 e. The summed E-state index contributed by atoms with van der Waals surface area (Å²) in [6.45, 7) is 0.808. The van der Waals surface area contributed by atoms with Crippen molar-refractivity contribution < 1.29 is 26.8 Å². The average molecular weight is 498 g/mol. The maximum atomic E-state index is 13.5. The van der Waals surface area contributed by atoms with Crippen LogP contribution in [0.4, 0.5) is 8.78 Å². The molecule has 3 rings (SSSR count). The Morgan fingerprint density at radius 2 is 1.64 bits per heavy atom. The topological polar surface area (TPSA) is 86.8 Å². The Labute approximate surface area is 196 Å². The third-order valence-electron chi connectivity index (χ3n) is 5.30. The van der Waals surface area contributed by atoms with Gasteiger partial charge >= 0.3 is 0 Å². The van der Waals surface area contributed by atoms with Crippen LogP contribution in [-0.4, -0.2) is 74.3 Å². The number of rotatable bonds is 8. The second-order valence-corrected chi connectivity index (χ2v) is 10.2. The Bertz CT molecular complexity index is 1090. The van der Waals surface area contributed by atoms with E-state index in [0.717, 1.165) is 12.1 Å². The van der Waals surface area contributed by atoms with Crippen molar-refractivity contribution in [2.24, 2.45) is 0 Å². The van der Waals surface area contributed by atoms with Crippen molar-refractivity contribution in [2.45, 2.75) is 17.4 Å². The minimum Gasteiger partial charge on any atom is -0.338 e. The predicted octanol–water partition coefficient (Wildman–Crippen LogP) is 2.35. The van der Waals surface area contributed by atoms with E-state index in [1.165, 1.54) is 39.8 Å². The quantitative estimate of drug-likeness (QED) is 0.605. The van der Waals surface area contributed by atoms with Gasteiger partial charge in [-0.05, 0) is 48.8 Å². The van der Waals surface area contributed by atoms with Gasteiger partial charge in [0.15, 0.2) is 11.6 Å². The van der Waals surface area contributed by atoms with E-state index in [1.807, 2.05) is 6.26 Å². The highest BCUT2D eigenvalue weighted by Gasteiger charge is 2.32. The number of amides is 2. The molecule has 1 N–H and O–H groups in total. The molecule has 0 aliphatic carbocycles. The summed E-state index contributed by atoms with van der Waals surface area (Å²) >= 11 is 1.50. The van der Waals surface area contributed by atoms with E-state index in [1.54, 1.807) is 18.2 Å². The number of benzene rings is 2. The van der Waals surface area contributed by atoms with Gasteiger partial charge in [-0.15, -0.1) is 0 Å². The molecule has 1 aliphatic rings. The van der Waals surface area contributed by atoms with Crippen LogP contribution in [-0.2, 0) is 14.8 Å². The molecule has 178 valence electrons. The van der Waals surface area contributed by atoms with Crippen molar-refractivity contribution in [3.05, 3.63) is 65.7 Å². The van der Waals surface area contributed by atoms with Gasteiger partial charge in [-0.1, -0.05) is 18.2 Å². The van der Waals surface area contributed by atoms with Gasteiger partial charge in [0.05, 0.1) is 4.90 Å². The lowest BCUT2D eigenvalue weighted by Gasteiger charge is -2.36. The van der Waals surface area contributed by atoms with Crippen molar-refractivity contribution in [3.63, 3.8) is 0 Å². The van der Waals surface area contributed by atoms with Gasteiger partial charge in [0.1, 0.15) is 6.04 Å². The third kappa shape index (κ3) is 6.30. The summed E-state index contributed by atoms with van der Waals surface area (Å²) < 4.78 is 54.6. The Hall–Kier alpha value is -2.50. The van der Waals surface area contributed by atoms with Crippen LogP contribution < -0.4 is 4.72 Å². The number of carbonyl (C=O) groups is 2. The third-order valence-corrected chi connectivity index (χ3v) is 7.44. The highest BCUT2D eigenvalue weighted by molar-refractivity contribution is 7.98. The lowest BCUT2D eigenvalue weighted by molar-refractivity contribution is -0.134. The van der Waals surface area contributed by atoms with Crippen LogP contribution in [0.3, 0.4) is 0 Å². The van der Waals surface area contributed by atoms with Crippen molar-refractivity contribution in [3.8, 4) is 0 Å². The zero-order chi connectivity index (χ0) is 24.0. The summed E-state index contributed by atoms with van der Waals surface area (Å²) in [6.07, 6.45) is 2.19. The fourth-order valence-electron chi connectivity index (χ4n) is 3.49. The van der Waals surface area contributed by atoms with Gasteiger partial charge < -0.3 is 9.80 Å². The highest BCUT2D eigenvalue weighted by Crippen LogP contribution is 2.16. The number of halogens is 2. The molecule has 1 unspecified atom stereocenters. The molecule has 2 amide bonds. The van der Waals surface area contributed by atoms with E-state index in [2.05, 4.69) is 4.72 Å². The Kier molecular flexibility index (Phi) is 8.44. The summed E-state index contributed by atoms with van der Waals surface area (Å²) in [5, 5.41) is 0. The summed E-state index contributed by atoms with van der Waals surface area (Å²) in [7, 11) is -3.88. The molecule has 7 nitrogen and oxygen atoms in total. The Balaban J connectivity index is 1.65. The normalized spacial score (nSPS) is 15.4. The van der Waals surface area contributed by atoms with Crippen molar-refractivity contribution in [2.75, 3.05) is 38.2 Å². The Morgan fingerprint density at radius 1 is 1.00 bits per heavy atom. The second-order valence-electron chi connectivity index (χ2n) is 7.51. The number of nitrogens with zero attached hydrogens (tertiary/aromatic N) is 2. The zero-order valence-corrected chi connectivity index (χ0v) is 19.7. The molecular weight excluding hydrogens is 472 g/mol. The maximum Gasteiger partial charge on any atom is 0.254 e. The highest BCUT2D eigenvalue weighted by atomic mass is 32.2. The first kappa shape index (κ1) is 25.1. The van der Waals surface area contributed by atoms with E-state index >= 15 is 0 Å². The lowest BCUT2D eigenvalue weighted by Crippen LogP contribution is -2.56. The van der Waals surface area contributed by atoms with Gasteiger partial charge in [0.2, 0.25) is 15.9 Å². The first-order valence-electron chi connectivity index (χ1n) is 10.3. The second kappa shape index (κ2) is 11.1. The Morgan fingerprint density at radius 3 is 2.24 bits per heavy atom. The molecule has 33 heavy (non-hydrogen) atoms. The number of carbonyl (C=O) groups excluding carboxylic acids is 2. The van der Waals surface area contributed by atoms with Crippen LogP contribution in [0, 0.1) is 11.6 Å². The zero-order valence-electron chi connectivity index (χ0n) is 18.0. The molecule has 0 aromatic heterocycles. The van der Waals surface area contributed by atoms with Crippen LogP contribution in [0.2, 0.25) is 0 Å². The first-order valence-corrected chi connectivity index (χ1v) is 13.2.